The summed E-state index contributed by atoms with van der Waals surface area (Å²) in [6.07, 6.45) is 1.48. The van der Waals surface area contributed by atoms with Crippen LogP contribution in [0.4, 0.5) is 5.69 Å². The number of carbonyl (C=O) groups is 2. The van der Waals surface area contributed by atoms with E-state index >= 15 is 0 Å². The van der Waals surface area contributed by atoms with Gasteiger partial charge in [-0.1, -0.05) is 12.1 Å². The van der Waals surface area contributed by atoms with Crippen molar-refractivity contribution in [3.8, 4) is 11.3 Å². The summed E-state index contributed by atoms with van der Waals surface area (Å²) in [4.78, 5) is 37.5. The van der Waals surface area contributed by atoms with E-state index in [1.54, 1.807) is 30.3 Å². The van der Waals surface area contributed by atoms with E-state index in [9.17, 15) is 19.7 Å². The minimum atomic E-state index is -0.489. The highest BCUT2D eigenvalue weighted by atomic mass is 32.2. The molecule has 9 heteroatoms. The number of nitrogens with zero attached hydrogens (tertiary/aromatic N) is 2. The average Bonchev–Trinajstić information content (AvgIpc) is 3.14. The zero-order chi connectivity index (χ0) is 18.0. The number of nitro benzene ring substituents is 1. The van der Waals surface area contributed by atoms with E-state index in [-0.39, 0.29) is 21.7 Å². The molecule has 1 aromatic heterocycles. The van der Waals surface area contributed by atoms with Gasteiger partial charge < -0.3 is 9.73 Å². The van der Waals surface area contributed by atoms with Crippen molar-refractivity contribution in [3.05, 3.63) is 57.2 Å². The van der Waals surface area contributed by atoms with Crippen LogP contribution in [0.1, 0.15) is 12.7 Å². The number of aliphatic imine (C=N–C) groups is 1. The number of thioether (sulfide) groups is 1. The Morgan fingerprint density at radius 3 is 2.80 bits per heavy atom. The summed E-state index contributed by atoms with van der Waals surface area (Å²) in [6.45, 7) is 1.32. The molecule has 25 heavy (non-hydrogen) atoms. The van der Waals surface area contributed by atoms with Crippen LogP contribution in [0.2, 0.25) is 0 Å². The summed E-state index contributed by atoms with van der Waals surface area (Å²) in [5, 5.41) is 13.8. The van der Waals surface area contributed by atoms with Crippen LogP contribution in [0.25, 0.3) is 17.4 Å². The Bertz CT molecular complexity index is 945. The van der Waals surface area contributed by atoms with E-state index in [1.165, 1.54) is 19.1 Å². The van der Waals surface area contributed by atoms with Gasteiger partial charge in [0, 0.05) is 19.1 Å². The quantitative estimate of drug-likeness (QED) is 0.513. The predicted molar refractivity (Wildman–Crippen MR) is 92.6 cm³/mol. The Morgan fingerprint density at radius 1 is 1.32 bits per heavy atom. The van der Waals surface area contributed by atoms with E-state index in [1.807, 2.05) is 0 Å². The molecule has 8 nitrogen and oxygen atoms in total. The van der Waals surface area contributed by atoms with Crippen LogP contribution in [0.3, 0.4) is 0 Å². The van der Waals surface area contributed by atoms with Gasteiger partial charge in [-0.25, -0.2) is 0 Å². The second-order valence-corrected chi connectivity index (χ2v) is 6.02. The number of rotatable bonds is 3. The van der Waals surface area contributed by atoms with Crippen molar-refractivity contribution < 1.29 is 18.9 Å². The highest BCUT2D eigenvalue weighted by molar-refractivity contribution is 8.18. The number of nitrogens with one attached hydrogen (secondary N) is 1. The predicted octanol–water partition coefficient (Wildman–Crippen LogP) is 2.96. The number of furan rings is 1. The van der Waals surface area contributed by atoms with Crippen molar-refractivity contribution in [1.82, 2.24) is 5.32 Å². The van der Waals surface area contributed by atoms with Gasteiger partial charge in [-0.2, -0.15) is 4.99 Å². The number of amides is 2. The number of hydrogen-bond donors (Lipinski definition) is 1. The molecule has 0 fully saturated rings. The summed E-state index contributed by atoms with van der Waals surface area (Å²) >= 11 is 1.02. The molecule has 0 saturated heterocycles. The number of benzene rings is 1. The van der Waals surface area contributed by atoms with Gasteiger partial charge in [0.15, 0.2) is 5.17 Å². The molecule has 2 heterocycles. The van der Waals surface area contributed by atoms with Gasteiger partial charge in [0.05, 0.1) is 15.4 Å². The summed E-state index contributed by atoms with van der Waals surface area (Å²) in [6, 6.07) is 9.41. The molecule has 3 rings (SSSR count). The molecule has 1 N–H and O–H groups in total. The first-order valence-electron chi connectivity index (χ1n) is 7.08. The maximum Gasteiger partial charge on any atom is 0.286 e. The number of nitro groups is 1. The molecule has 126 valence electrons. The summed E-state index contributed by atoms with van der Waals surface area (Å²) in [5.74, 6) is -0.143. The first kappa shape index (κ1) is 16.7. The zero-order valence-corrected chi connectivity index (χ0v) is 13.7. The molecule has 0 spiro atoms. The maximum absolute atomic E-state index is 11.8. The lowest BCUT2D eigenvalue weighted by molar-refractivity contribution is -0.384. The molecule has 1 aromatic carbocycles. The first-order chi connectivity index (χ1) is 11.9. The lowest BCUT2D eigenvalue weighted by Gasteiger charge is -1.99. The monoisotopic (exact) mass is 357 g/mol. The van der Waals surface area contributed by atoms with Crippen molar-refractivity contribution in [1.29, 1.82) is 0 Å². The molecule has 0 unspecified atom stereocenters. The fourth-order valence-corrected chi connectivity index (χ4v) is 3.00. The number of para-hydroxylation sites is 1. The van der Waals surface area contributed by atoms with Gasteiger partial charge in [-0.15, -0.1) is 0 Å². The zero-order valence-electron chi connectivity index (χ0n) is 12.9. The summed E-state index contributed by atoms with van der Waals surface area (Å²) < 4.78 is 5.60. The molecule has 1 aliphatic rings. The largest absolute Gasteiger partial charge is 0.456 e. The Balaban J connectivity index is 1.85. The third kappa shape index (κ3) is 3.66. The van der Waals surface area contributed by atoms with E-state index < -0.39 is 10.8 Å². The standard InChI is InChI=1S/C16H11N3O5S/c1-9(20)17-16-18-15(21)14(25-16)8-10-6-7-13(24-10)11-4-2-3-5-12(11)19(22)23/h2-8H,1H3,(H,17,18,20,21). The minimum Gasteiger partial charge on any atom is -0.456 e. The SMILES string of the molecule is CC(=O)NC1=NC(=O)C(=Cc2ccc(-c3ccccc3[N+](=O)[O-])o2)S1. The third-order valence-electron chi connectivity index (χ3n) is 3.17. The van der Waals surface area contributed by atoms with Gasteiger partial charge in [0.25, 0.3) is 11.6 Å². The van der Waals surface area contributed by atoms with Gasteiger partial charge >= 0.3 is 0 Å². The highest BCUT2D eigenvalue weighted by Gasteiger charge is 2.23. The van der Waals surface area contributed by atoms with Crippen molar-refractivity contribution >= 4 is 40.5 Å². The lowest BCUT2D eigenvalue weighted by atomic mass is 10.1. The second-order valence-electron chi connectivity index (χ2n) is 4.99. The van der Waals surface area contributed by atoms with E-state index in [0.29, 0.717) is 17.1 Å². The maximum atomic E-state index is 11.8. The van der Waals surface area contributed by atoms with Crippen molar-refractivity contribution in [3.63, 3.8) is 0 Å². The molecule has 0 radical (unpaired) electrons. The molecule has 0 atom stereocenters. The molecule has 0 saturated carbocycles. The molecule has 0 aliphatic carbocycles. The van der Waals surface area contributed by atoms with Gasteiger partial charge in [-0.3, -0.25) is 19.7 Å². The lowest BCUT2D eigenvalue weighted by Crippen LogP contribution is -2.23. The van der Waals surface area contributed by atoms with Crippen LogP contribution in [0, 0.1) is 10.1 Å². The van der Waals surface area contributed by atoms with E-state index in [0.717, 1.165) is 11.8 Å². The van der Waals surface area contributed by atoms with Crippen LogP contribution in [0.5, 0.6) is 0 Å². The Hall–Kier alpha value is -3.20. The van der Waals surface area contributed by atoms with Gasteiger partial charge in [0.1, 0.15) is 11.5 Å². The van der Waals surface area contributed by atoms with E-state index in [4.69, 9.17) is 4.42 Å². The fourth-order valence-electron chi connectivity index (χ4n) is 2.16. The third-order valence-corrected chi connectivity index (χ3v) is 4.07. The van der Waals surface area contributed by atoms with Crippen LogP contribution >= 0.6 is 11.8 Å². The second kappa shape index (κ2) is 6.73. The summed E-state index contributed by atoms with van der Waals surface area (Å²) in [5.41, 5.74) is 0.274. The normalized spacial score (nSPS) is 15.3. The number of amidine groups is 1. The highest BCUT2D eigenvalue weighted by Crippen LogP contribution is 2.33. The minimum absolute atomic E-state index is 0.0707. The Morgan fingerprint density at radius 2 is 2.08 bits per heavy atom. The fraction of sp³-hybridized carbons (Fsp3) is 0.0625. The molecular weight excluding hydrogens is 346 g/mol. The van der Waals surface area contributed by atoms with E-state index in [2.05, 4.69) is 10.3 Å². The van der Waals surface area contributed by atoms with Crippen LogP contribution in [0.15, 0.2) is 50.7 Å². The Kier molecular flexibility index (Phi) is 4.48. The smallest absolute Gasteiger partial charge is 0.286 e. The molecule has 1 aliphatic heterocycles. The van der Waals surface area contributed by atoms with Crippen LogP contribution in [-0.2, 0) is 9.59 Å². The van der Waals surface area contributed by atoms with Gasteiger partial charge in [-0.05, 0) is 30.0 Å². The number of carbonyl (C=O) groups excluding carboxylic acids is 2. The first-order valence-corrected chi connectivity index (χ1v) is 7.89. The molecular formula is C16H11N3O5S. The van der Waals surface area contributed by atoms with Crippen molar-refractivity contribution in [2.45, 2.75) is 6.92 Å². The van der Waals surface area contributed by atoms with Gasteiger partial charge in [0.2, 0.25) is 5.91 Å². The Labute approximate surface area is 145 Å². The summed E-state index contributed by atoms with van der Waals surface area (Å²) in [7, 11) is 0. The van der Waals surface area contributed by atoms with Crippen molar-refractivity contribution in [2.75, 3.05) is 0 Å². The topological polar surface area (TPSA) is 115 Å². The van der Waals surface area contributed by atoms with Crippen LogP contribution < -0.4 is 5.32 Å². The molecule has 2 amide bonds. The van der Waals surface area contributed by atoms with Crippen molar-refractivity contribution in [2.24, 2.45) is 4.99 Å². The number of hydrogen-bond acceptors (Lipinski definition) is 6. The molecule has 2 aromatic rings. The average molecular weight is 357 g/mol. The molecule has 0 bridgehead atoms. The van der Waals surface area contributed by atoms with Crippen LogP contribution in [-0.4, -0.2) is 21.9 Å².